The van der Waals surface area contributed by atoms with Gasteiger partial charge < -0.3 is 10.5 Å². The molecule has 1 aromatic carbocycles. The van der Waals surface area contributed by atoms with Crippen LogP contribution in [0, 0.1) is 0 Å². The van der Waals surface area contributed by atoms with Crippen LogP contribution in [0.25, 0.3) is 0 Å². The smallest absolute Gasteiger partial charge is 0.122 e. The molecule has 0 saturated carbocycles. The van der Waals surface area contributed by atoms with Crippen molar-refractivity contribution < 1.29 is 4.74 Å². The predicted molar refractivity (Wildman–Crippen MR) is 76.8 cm³/mol. The summed E-state index contributed by atoms with van der Waals surface area (Å²) in [5.41, 5.74) is 8.05. The zero-order valence-electron chi connectivity index (χ0n) is 10.8. The molecule has 1 aromatic rings. The number of ether oxygens (including phenoxy) is 1. The average molecular weight is 251 g/mol. The van der Waals surface area contributed by atoms with Gasteiger partial charge in [-0.15, -0.1) is 0 Å². The standard InChI is InChI=1S/C14H21NOS/c1-4-16-13-7-5-11(6-8-14(15)17)9-12(13)10(2)3/h5,7,9-10H,4,6,8H2,1-3H3,(H2,15,17). The van der Waals surface area contributed by atoms with Gasteiger partial charge in [0, 0.05) is 6.42 Å². The fourth-order valence-electron chi connectivity index (χ4n) is 1.76. The largest absolute Gasteiger partial charge is 0.494 e. The summed E-state index contributed by atoms with van der Waals surface area (Å²) in [6.45, 7) is 7.06. The molecule has 0 bridgehead atoms. The van der Waals surface area contributed by atoms with Gasteiger partial charge in [-0.1, -0.05) is 38.2 Å². The van der Waals surface area contributed by atoms with Crippen molar-refractivity contribution in [1.82, 2.24) is 0 Å². The molecular weight excluding hydrogens is 230 g/mol. The van der Waals surface area contributed by atoms with Gasteiger partial charge in [0.1, 0.15) is 5.75 Å². The van der Waals surface area contributed by atoms with Gasteiger partial charge in [-0.05, 0) is 36.5 Å². The van der Waals surface area contributed by atoms with Crippen molar-refractivity contribution in [3.63, 3.8) is 0 Å². The molecule has 0 saturated heterocycles. The molecule has 0 unspecified atom stereocenters. The van der Waals surface area contributed by atoms with Crippen LogP contribution in [-0.4, -0.2) is 11.6 Å². The quantitative estimate of drug-likeness (QED) is 0.787. The van der Waals surface area contributed by atoms with Crippen molar-refractivity contribution in [3.8, 4) is 5.75 Å². The summed E-state index contributed by atoms with van der Waals surface area (Å²) in [5.74, 6) is 1.45. The van der Waals surface area contributed by atoms with Crippen molar-refractivity contribution in [2.24, 2.45) is 5.73 Å². The number of benzene rings is 1. The topological polar surface area (TPSA) is 35.2 Å². The third kappa shape index (κ3) is 4.35. The average Bonchev–Trinajstić information content (AvgIpc) is 2.27. The van der Waals surface area contributed by atoms with Crippen molar-refractivity contribution in [1.29, 1.82) is 0 Å². The molecule has 0 aliphatic heterocycles. The van der Waals surface area contributed by atoms with Crippen LogP contribution in [0.1, 0.15) is 44.2 Å². The minimum atomic E-state index is 0.460. The Morgan fingerprint density at radius 3 is 2.65 bits per heavy atom. The molecule has 3 heteroatoms. The van der Waals surface area contributed by atoms with Gasteiger partial charge in [0.15, 0.2) is 0 Å². The van der Waals surface area contributed by atoms with Crippen LogP contribution in [0.3, 0.4) is 0 Å². The Bertz CT molecular complexity index is 388. The molecule has 0 spiro atoms. The lowest BCUT2D eigenvalue weighted by atomic mass is 9.98. The van der Waals surface area contributed by atoms with E-state index < -0.39 is 0 Å². The van der Waals surface area contributed by atoms with E-state index in [1.54, 1.807) is 0 Å². The second kappa shape index (κ2) is 6.60. The highest BCUT2D eigenvalue weighted by molar-refractivity contribution is 7.80. The van der Waals surface area contributed by atoms with Crippen LogP contribution in [0.5, 0.6) is 5.75 Å². The fraction of sp³-hybridized carbons (Fsp3) is 0.500. The molecule has 0 aromatic heterocycles. The first-order valence-electron chi connectivity index (χ1n) is 6.08. The highest BCUT2D eigenvalue weighted by atomic mass is 32.1. The van der Waals surface area contributed by atoms with Crippen molar-refractivity contribution in [2.75, 3.05) is 6.61 Å². The monoisotopic (exact) mass is 251 g/mol. The maximum atomic E-state index is 5.63. The molecule has 2 nitrogen and oxygen atoms in total. The molecule has 0 atom stereocenters. The number of nitrogens with two attached hydrogens (primary N) is 1. The van der Waals surface area contributed by atoms with Gasteiger partial charge in [-0.3, -0.25) is 0 Å². The number of thiocarbonyl (C=S) groups is 1. The summed E-state index contributed by atoms with van der Waals surface area (Å²) in [5, 5.41) is 0. The van der Waals surface area contributed by atoms with Gasteiger partial charge in [0.05, 0.1) is 11.6 Å². The lowest BCUT2D eigenvalue weighted by molar-refractivity contribution is 0.335. The molecule has 0 aliphatic carbocycles. The van der Waals surface area contributed by atoms with E-state index in [4.69, 9.17) is 22.7 Å². The maximum Gasteiger partial charge on any atom is 0.122 e. The van der Waals surface area contributed by atoms with Crippen LogP contribution in [0.2, 0.25) is 0 Å². The minimum absolute atomic E-state index is 0.460. The minimum Gasteiger partial charge on any atom is -0.494 e. The summed E-state index contributed by atoms with van der Waals surface area (Å²) in [7, 11) is 0. The van der Waals surface area contributed by atoms with E-state index in [2.05, 4.69) is 26.0 Å². The molecule has 0 radical (unpaired) electrons. The van der Waals surface area contributed by atoms with E-state index in [0.717, 1.165) is 18.6 Å². The zero-order valence-corrected chi connectivity index (χ0v) is 11.6. The Kier molecular flexibility index (Phi) is 5.42. The Balaban J connectivity index is 2.88. The SMILES string of the molecule is CCOc1ccc(CCC(N)=S)cc1C(C)C. The molecule has 17 heavy (non-hydrogen) atoms. The number of hydrogen-bond donors (Lipinski definition) is 1. The summed E-state index contributed by atoms with van der Waals surface area (Å²) in [4.78, 5) is 0.574. The predicted octanol–water partition coefficient (Wildman–Crippen LogP) is 3.43. The highest BCUT2D eigenvalue weighted by Gasteiger charge is 2.08. The van der Waals surface area contributed by atoms with Gasteiger partial charge in [0.25, 0.3) is 0 Å². The molecule has 0 fully saturated rings. The van der Waals surface area contributed by atoms with E-state index in [1.165, 1.54) is 11.1 Å². The van der Waals surface area contributed by atoms with Crippen molar-refractivity contribution in [2.45, 2.75) is 39.5 Å². The molecular formula is C14H21NOS. The zero-order chi connectivity index (χ0) is 12.8. The molecule has 0 heterocycles. The number of hydrogen-bond acceptors (Lipinski definition) is 2. The molecule has 0 amide bonds. The van der Waals surface area contributed by atoms with Crippen molar-refractivity contribution in [3.05, 3.63) is 29.3 Å². The third-order valence-electron chi connectivity index (χ3n) is 2.66. The summed E-state index contributed by atoms with van der Waals surface area (Å²) in [6, 6.07) is 6.34. The molecule has 2 N–H and O–H groups in total. The first kappa shape index (κ1) is 14.0. The van der Waals surface area contributed by atoms with E-state index in [9.17, 15) is 0 Å². The molecule has 0 aliphatic rings. The third-order valence-corrected chi connectivity index (χ3v) is 2.86. The maximum absolute atomic E-state index is 5.63. The van der Waals surface area contributed by atoms with Crippen LogP contribution < -0.4 is 10.5 Å². The van der Waals surface area contributed by atoms with Gasteiger partial charge >= 0.3 is 0 Å². The fourth-order valence-corrected chi connectivity index (χ4v) is 1.86. The lowest BCUT2D eigenvalue weighted by Crippen LogP contribution is -2.08. The molecule has 94 valence electrons. The second-order valence-corrected chi connectivity index (χ2v) is 4.95. The Labute approximate surface area is 109 Å². The van der Waals surface area contributed by atoms with Crippen LogP contribution >= 0.6 is 12.2 Å². The summed E-state index contributed by atoms with van der Waals surface area (Å²) < 4.78 is 5.63. The van der Waals surface area contributed by atoms with Crippen LogP contribution in [0.15, 0.2) is 18.2 Å². The van der Waals surface area contributed by atoms with Gasteiger partial charge in [-0.2, -0.15) is 0 Å². The van der Waals surface area contributed by atoms with Crippen LogP contribution in [0.4, 0.5) is 0 Å². The number of aryl methyl sites for hydroxylation is 1. The lowest BCUT2D eigenvalue weighted by Gasteiger charge is -2.14. The van der Waals surface area contributed by atoms with E-state index in [1.807, 2.05) is 13.0 Å². The van der Waals surface area contributed by atoms with Gasteiger partial charge in [0.2, 0.25) is 0 Å². The molecule has 1 rings (SSSR count). The second-order valence-electron chi connectivity index (χ2n) is 4.43. The highest BCUT2D eigenvalue weighted by Crippen LogP contribution is 2.28. The Morgan fingerprint density at radius 2 is 2.12 bits per heavy atom. The van der Waals surface area contributed by atoms with Crippen molar-refractivity contribution >= 4 is 17.2 Å². The Morgan fingerprint density at radius 1 is 1.41 bits per heavy atom. The first-order valence-corrected chi connectivity index (χ1v) is 6.49. The van der Waals surface area contributed by atoms with Gasteiger partial charge in [-0.25, -0.2) is 0 Å². The summed E-state index contributed by atoms with van der Waals surface area (Å²) in [6.07, 6.45) is 1.67. The van der Waals surface area contributed by atoms with Crippen LogP contribution in [-0.2, 0) is 6.42 Å². The first-order chi connectivity index (χ1) is 8.04. The van der Waals surface area contributed by atoms with E-state index >= 15 is 0 Å². The van der Waals surface area contributed by atoms with E-state index in [0.29, 0.717) is 17.5 Å². The summed E-state index contributed by atoms with van der Waals surface area (Å²) >= 11 is 4.90. The normalized spacial score (nSPS) is 10.6. The number of rotatable bonds is 6. The van der Waals surface area contributed by atoms with E-state index in [-0.39, 0.29) is 0 Å². The Hall–Kier alpha value is -1.09.